The molecule has 0 amide bonds. The maximum atomic E-state index is 11.2. The number of hydrogen-bond acceptors (Lipinski definition) is 4. The van der Waals surface area contributed by atoms with Gasteiger partial charge in [0.25, 0.3) is 16.6 Å². The summed E-state index contributed by atoms with van der Waals surface area (Å²) in [5.41, 5.74) is 3.95. The summed E-state index contributed by atoms with van der Waals surface area (Å²) in [4.78, 5) is 0. The van der Waals surface area contributed by atoms with Crippen LogP contribution in [0, 0.1) is 28.6 Å². The fourth-order valence-corrected chi connectivity index (χ4v) is 23.8. The topological polar surface area (TPSA) is 47.9 Å². The minimum Gasteiger partial charge on any atom is -0.404 e. The molecule has 6 heteroatoms. The van der Waals surface area contributed by atoms with E-state index in [9.17, 15) is 5.11 Å². The molecule has 1 N–H and O–H groups in total. The lowest BCUT2D eigenvalue weighted by molar-refractivity contribution is -0.0559. The Bertz CT molecular complexity index is 2380. The molecule has 0 radical (unpaired) electrons. The lowest BCUT2D eigenvalue weighted by Crippen LogP contribution is -2.69. The molecule has 4 nitrogen and oxygen atoms in total. The fourth-order valence-electron chi connectivity index (χ4n) is 14.4. The van der Waals surface area contributed by atoms with Crippen molar-refractivity contribution in [1.82, 2.24) is 0 Å². The standard InChI is InChI=1S/C66H92O4Si2/c1-13-66(67,14-2)43-41-59(49(3)4)68-48-65(44-45-65)61-40-39-58-51(28-27-42-64(58,61)12)37-38-52-46-53(69-71(62(6,7)8,54-29-19-15-20-30-54)55-31-21-16-22-32-55)47-60(50(52)5)70-72(63(9,10)11,56-33-23-17-24-34-56)57-35-25-18-26-36-57/h15-26,29-38,49,53,58-61,67H,5,13-14,27-28,39-48H2,1-4,6-12H3/b51-37+,52-38-/t53-,58+,59?,60+,61+,64+/m1/s1. The monoisotopic (exact) mass is 1000 g/mol. The third-order valence-electron chi connectivity index (χ3n) is 18.9. The quantitative estimate of drug-likeness (QED) is 0.0951. The highest BCUT2D eigenvalue weighted by atomic mass is 28.4. The van der Waals surface area contributed by atoms with Crippen LogP contribution in [0.25, 0.3) is 0 Å². The maximum absolute atomic E-state index is 11.2. The van der Waals surface area contributed by atoms with E-state index in [0.29, 0.717) is 17.8 Å². The van der Waals surface area contributed by atoms with E-state index in [0.717, 1.165) is 57.1 Å². The van der Waals surface area contributed by atoms with Crippen molar-refractivity contribution in [3.8, 4) is 0 Å². The summed E-state index contributed by atoms with van der Waals surface area (Å²) in [5.74, 6) is 1.67. The Labute approximate surface area is 439 Å². The SMILES string of the molecule is C=C1/C(=C\C=C2/CCC[C@]3(C)[C@@H](C4(COC(CCC(O)(CC)CC)C(C)C)CC4)CC[C@@H]23)C[C@@H](O[Si](c2ccccc2)(c2ccccc2)C(C)(C)C)C[C@@H]1O[Si](c1ccccc1)(c1ccccc1)C(C)(C)C. The van der Waals surface area contributed by atoms with Gasteiger partial charge >= 0.3 is 0 Å². The van der Waals surface area contributed by atoms with E-state index in [2.05, 4.69) is 210 Å². The first kappa shape index (κ1) is 54.6. The van der Waals surface area contributed by atoms with Crippen molar-refractivity contribution in [2.45, 2.75) is 194 Å². The molecule has 4 aliphatic carbocycles. The van der Waals surface area contributed by atoms with Crippen LogP contribution in [-0.2, 0) is 13.6 Å². The lowest BCUT2D eigenvalue weighted by Gasteiger charge is -2.49. The van der Waals surface area contributed by atoms with Gasteiger partial charge in [-0.15, -0.1) is 0 Å². The minimum absolute atomic E-state index is 0.0933. The smallest absolute Gasteiger partial charge is 0.261 e. The summed E-state index contributed by atoms with van der Waals surface area (Å²) < 4.78 is 23.2. The van der Waals surface area contributed by atoms with E-state index >= 15 is 0 Å². The van der Waals surface area contributed by atoms with Gasteiger partial charge in [0.15, 0.2) is 0 Å². The molecular weight excluding hydrogens is 913 g/mol. The average Bonchev–Trinajstić information content (AvgIpc) is 4.06. The van der Waals surface area contributed by atoms with Gasteiger partial charge in [-0.1, -0.05) is 222 Å². The Hall–Kier alpha value is -3.63. The number of benzene rings is 4. The highest BCUT2D eigenvalue weighted by molar-refractivity contribution is 7.00. The fraction of sp³-hybridized carbons (Fsp3) is 0.545. The van der Waals surface area contributed by atoms with Crippen molar-refractivity contribution in [2.24, 2.45) is 28.6 Å². The Morgan fingerprint density at radius 2 is 1.18 bits per heavy atom. The van der Waals surface area contributed by atoms with Crippen molar-refractivity contribution >= 4 is 37.4 Å². The van der Waals surface area contributed by atoms with Crippen LogP contribution < -0.4 is 20.7 Å². The molecule has 0 heterocycles. The van der Waals surface area contributed by atoms with Crippen LogP contribution in [0.5, 0.6) is 0 Å². The van der Waals surface area contributed by atoms with Crippen molar-refractivity contribution in [2.75, 3.05) is 6.61 Å². The Morgan fingerprint density at radius 1 is 0.694 bits per heavy atom. The second kappa shape index (κ2) is 21.9. The molecular formula is C66H92O4Si2. The van der Waals surface area contributed by atoms with Gasteiger partial charge in [0, 0.05) is 6.42 Å². The number of allylic oxidation sites excluding steroid dienone is 3. The zero-order valence-corrected chi connectivity index (χ0v) is 48.4. The molecule has 4 aromatic carbocycles. The summed E-state index contributed by atoms with van der Waals surface area (Å²) >= 11 is 0. The van der Waals surface area contributed by atoms with Gasteiger partial charge in [-0.05, 0) is 148 Å². The van der Waals surface area contributed by atoms with Gasteiger partial charge < -0.3 is 18.7 Å². The van der Waals surface area contributed by atoms with Crippen molar-refractivity contribution in [3.63, 3.8) is 0 Å². The van der Waals surface area contributed by atoms with Crippen LogP contribution >= 0.6 is 0 Å². The Kier molecular flexibility index (Phi) is 16.6. The maximum Gasteiger partial charge on any atom is 0.261 e. The van der Waals surface area contributed by atoms with Gasteiger partial charge in [0.1, 0.15) is 0 Å². The predicted molar refractivity (Wildman–Crippen MR) is 309 cm³/mol. The van der Waals surface area contributed by atoms with Crippen molar-refractivity contribution in [1.29, 1.82) is 0 Å². The van der Waals surface area contributed by atoms with E-state index in [1.807, 2.05) is 0 Å². The van der Waals surface area contributed by atoms with Gasteiger partial charge in [-0.25, -0.2) is 0 Å². The first-order chi connectivity index (χ1) is 34.3. The molecule has 0 spiro atoms. The summed E-state index contributed by atoms with van der Waals surface area (Å²) in [5, 5.41) is 16.0. The molecule has 4 aliphatic rings. The number of ether oxygens (including phenoxy) is 1. The molecule has 0 aromatic heterocycles. The number of fused-ring (bicyclic) bond motifs is 1. The number of hydrogen-bond donors (Lipinski definition) is 1. The Balaban J connectivity index is 1.16. The molecule has 8 rings (SSSR count). The molecule has 6 atom stereocenters. The molecule has 72 heavy (non-hydrogen) atoms. The first-order valence-electron chi connectivity index (χ1n) is 28.3. The summed E-state index contributed by atoms with van der Waals surface area (Å²) in [6.45, 7) is 31.7. The largest absolute Gasteiger partial charge is 0.404 e. The summed E-state index contributed by atoms with van der Waals surface area (Å²) in [6, 6.07) is 44.6. The van der Waals surface area contributed by atoms with E-state index in [1.54, 1.807) is 5.57 Å². The highest BCUT2D eigenvalue weighted by Gasteiger charge is 2.62. The predicted octanol–water partition coefficient (Wildman–Crippen LogP) is 14.4. The molecule has 4 fully saturated rings. The highest BCUT2D eigenvalue weighted by Crippen LogP contribution is 2.68. The summed E-state index contributed by atoms with van der Waals surface area (Å²) in [7, 11) is -5.89. The molecule has 0 bridgehead atoms. The van der Waals surface area contributed by atoms with Gasteiger partial charge in [-0.3, -0.25) is 0 Å². The Morgan fingerprint density at radius 3 is 1.62 bits per heavy atom. The number of rotatable bonds is 19. The van der Waals surface area contributed by atoms with E-state index < -0.39 is 22.2 Å². The molecule has 4 aromatic rings. The second-order valence-electron chi connectivity index (χ2n) is 25.5. The molecule has 388 valence electrons. The van der Waals surface area contributed by atoms with Crippen LogP contribution in [0.15, 0.2) is 157 Å². The zero-order chi connectivity index (χ0) is 51.6. The number of aliphatic hydroxyl groups is 1. The van der Waals surface area contributed by atoms with Gasteiger partial charge in [0.05, 0.1) is 30.5 Å². The lowest BCUT2D eigenvalue weighted by atomic mass is 9.60. The first-order valence-corrected chi connectivity index (χ1v) is 32.1. The van der Waals surface area contributed by atoms with Gasteiger partial charge in [0.2, 0.25) is 0 Å². The molecule has 0 aliphatic heterocycles. The van der Waals surface area contributed by atoms with Gasteiger partial charge in [-0.2, -0.15) is 0 Å². The van der Waals surface area contributed by atoms with E-state index in [-0.39, 0.29) is 39.2 Å². The van der Waals surface area contributed by atoms with Crippen molar-refractivity contribution in [3.05, 3.63) is 157 Å². The van der Waals surface area contributed by atoms with Crippen LogP contribution in [0.4, 0.5) is 0 Å². The average molecular weight is 1010 g/mol. The molecule has 4 saturated carbocycles. The van der Waals surface area contributed by atoms with E-state index in [1.165, 1.54) is 64.8 Å². The third kappa shape index (κ3) is 10.8. The van der Waals surface area contributed by atoms with E-state index in [4.69, 9.17) is 20.2 Å². The van der Waals surface area contributed by atoms with Crippen LogP contribution in [-0.4, -0.2) is 52.3 Å². The summed E-state index contributed by atoms with van der Waals surface area (Å²) in [6.07, 6.45) is 18.5. The van der Waals surface area contributed by atoms with Crippen LogP contribution in [0.1, 0.15) is 160 Å². The zero-order valence-electron chi connectivity index (χ0n) is 46.4. The normalized spacial score (nSPS) is 25.5. The molecule has 0 saturated heterocycles. The molecule has 1 unspecified atom stereocenters. The van der Waals surface area contributed by atoms with Crippen LogP contribution in [0.3, 0.4) is 0 Å². The third-order valence-corrected chi connectivity index (χ3v) is 29.0. The van der Waals surface area contributed by atoms with Crippen LogP contribution in [0.2, 0.25) is 10.1 Å². The van der Waals surface area contributed by atoms with Crippen molar-refractivity contribution < 1.29 is 18.7 Å². The minimum atomic E-state index is -2.97. The second-order valence-corrected chi connectivity index (χ2v) is 34.0.